The number of amides is 2. The van der Waals surface area contributed by atoms with E-state index in [1.807, 2.05) is 24.3 Å². The third-order valence-electron chi connectivity index (χ3n) is 4.43. The topological polar surface area (TPSA) is 70.2 Å². The average molecular weight is 317 g/mol. The molecule has 5 heteroatoms. The predicted octanol–water partition coefficient (Wildman–Crippen LogP) is 2.29. The standard InChI is InChI=1S/C18H27N3O2/c1-13(16-6-8-19-9-7-16)10-18(23)20-12-15-4-3-5-17(11-15)21-14(2)22/h3-5,11,13,16,19H,6-10,12H2,1-2H3,(H,20,23)(H,21,22). The maximum absolute atomic E-state index is 12.1. The molecule has 23 heavy (non-hydrogen) atoms. The molecule has 0 saturated carbocycles. The Labute approximate surface area is 138 Å². The van der Waals surface area contributed by atoms with Crippen molar-refractivity contribution < 1.29 is 9.59 Å². The molecule has 1 aliphatic rings. The summed E-state index contributed by atoms with van der Waals surface area (Å²) in [5.74, 6) is 1.07. The predicted molar refractivity (Wildman–Crippen MR) is 92.0 cm³/mol. The fourth-order valence-electron chi connectivity index (χ4n) is 3.11. The Morgan fingerprint density at radius 2 is 2.04 bits per heavy atom. The van der Waals surface area contributed by atoms with Gasteiger partial charge in [-0.1, -0.05) is 19.1 Å². The monoisotopic (exact) mass is 317 g/mol. The van der Waals surface area contributed by atoms with E-state index in [-0.39, 0.29) is 11.8 Å². The number of carbonyl (C=O) groups is 2. The highest BCUT2D eigenvalue weighted by Gasteiger charge is 2.21. The van der Waals surface area contributed by atoms with Crippen LogP contribution in [-0.4, -0.2) is 24.9 Å². The second-order valence-electron chi connectivity index (χ2n) is 6.43. The summed E-state index contributed by atoms with van der Waals surface area (Å²) in [6, 6.07) is 7.55. The van der Waals surface area contributed by atoms with Crippen molar-refractivity contribution in [2.24, 2.45) is 11.8 Å². The fraction of sp³-hybridized carbons (Fsp3) is 0.556. The van der Waals surface area contributed by atoms with Crippen molar-refractivity contribution in [3.63, 3.8) is 0 Å². The van der Waals surface area contributed by atoms with E-state index in [4.69, 9.17) is 0 Å². The summed E-state index contributed by atoms with van der Waals surface area (Å²) in [6.07, 6.45) is 2.90. The van der Waals surface area contributed by atoms with Crippen LogP contribution in [0, 0.1) is 11.8 Å². The molecule has 2 rings (SSSR count). The molecule has 0 radical (unpaired) electrons. The zero-order valence-corrected chi connectivity index (χ0v) is 14.0. The van der Waals surface area contributed by atoms with E-state index in [1.54, 1.807) is 0 Å². The number of nitrogens with one attached hydrogen (secondary N) is 3. The maximum atomic E-state index is 12.1. The molecule has 2 amide bonds. The van der Waals surface area contributed by atoms with E-state index in [9.17, 15) is 9.59 Å². The number of hydrogen-bond donors (Lipinski definition) is 3. The van der Waals surface area contributed by atoms with Gasteiger partial charge < -0.3 is 16.0 Å². The summed E-state index contributed by atoms with van der Waals surface area (Å²) in [4.78, 5) is 23.2. The van der Waals surface area contributed by atoms with Gasteiger partial charge in [0.1, 0.15) is 0 Å². The number of anilines is 1. The molecular weight excluding hydrogens is 290 g/mol. The van der Waals surface area contributed by atoms with Gasteiger partial charge in [-0.2, -0.15) is 0 Å². The minimum absolute atomic E-state index is 0.0954. The van der Waals surface area contributed by atoms with Crippen LogP contribution in [0.4, 0.5) is 5.69 Å². The second-order valence-corrected chi connectivity index (χ2v) is 6.43. The van der Waals surface area contributed by atoms with Crippen molar-refractivity contribution in [2.75, 3.05) is 18.4 Å². The van der Waals surface area contributed by atoms with Crippen LogP contribution in [0.25, 0.3) is 0 Å². The Morgan fingerprint density at radius 3 is 2.74 bits per heavy atom. The van der Waals surface area contributed by atoms with E-state index in [0.717, 1.165) is 37.2 Å². The normalized spacial score (nSPS) is 16.6. The molecule has 1 aliphatic heterocycles. The maximum Gasteiger partial charge on any atom is 0.221 e. The van der Waals surface area contributed by atoms with Crippen molar-refractivity contribution in [3.05, 3.63) is 29.8 Å². The number of benzene rings is 1. The summed E-state index contributed by atoms with van der Waals surface area (Å²) in [6.45, 7) is 6.27. The van der Waals surface area contributed by atoms with Gasteiger partial charge in [-0.25, -0.2) is 0 Å². The molecule has 1 aromatic carbocycles. The van der Waals surface area contributed by atoms with Gasteiger partial charge in [0.25, 0.3) is 0 Å². The van der Waals surface area contributed by atoms with Crippen LogP contribution < -0.4 is 16.0 Å². The SMILES string of the molecule is CC(=O)Nc1cccc(CNC(=O)CC(C)C2CCNCC2)c1. The van der Waals surface area contributed by atoms with Crippen LogP contribution in [-0.2, 0) is 16.1 Å². The van der Waals surface area contributed by atoms with E-state index >= 15 is 0 Å². The number of hydrogen-bond acceptors (Lipinski definition) is 3. The van der Waals surface area contributed by atoms with Gasteiger partial charge in [-0.3, -0.25) is 9.59 Å². The minimum Gasteiger partial charge on any atom is -0.352 e. The van der Waals surface area contributed by atoms with Crippen molar-refractivity contribution in [3.8, 4) is 0 Å². The lowest BCUT2D eigenvalue weighted by atomic mass is 9.84. The first-order valence-electron chi connectivity index (χ1n) is 8.38. The van der Waals surface area contributed by atoms with Crippen LogP contribution >= 0.6 is 0 Å². The lowest BCUT2D eigenvalue weighted by molar-refractivity contribution is -0.122. The highest BCUT2D eigenvalue weighted by Crippen LogP contribution is 2.24. The molecular formula is C18H27N3O2. The highest BCUT2D eigenvalue weighted by molar-refractivity contribution is 5.88. The van der Waals surface area contributed by atoms with E-state index in [1.165, 1.54) is 6.92 Å². The molecule has 0 aromatic heterocycles. The van der Waals surface area contributed by atoms with E-state index < -0.39 is 0 Å². The number of rotatable bonds is 6. The van der Waals surface area contributed by atoms with Crippen LogP contribution in [0.15, 0.2) is 24.3 Å². The third-order valence-corrected chi connectivity index (χ3v) is 4.43. The van der Waals surface area contributed by atoms with Crippen molar-refractivity contribution in [2.45, 2.75) is 39.7 Å². The van der Waals surface area contributed by atoms with Gasteiger partial charge in [0.15, 0.2) is 0 Å². The Hall–Kier alpha value is -1.88. The first kappa shape index (κ1) is 17.5. The highest BCUT2D eigenvalue weighted by atomic mass is 16.2. The van der Waals surface area contributed by atoms with Crippen LogP contribution in [0.2, 0.25) is 0 Å². The molecule has 126 valence electrons. The van der Waals surface area contributed by atoms with Gasteiger partial charge in [0.2, 0.25) is 11.8 Å². The first-order chi connectivity index (χ1) is 11.0. The van der Waals surface area contributed by atoms with Crippen molar-refractivity contribution >= 4 is 17.5 Å². The Balaban J connectivity index is 1.78. The zero-order chi connectivity index (χ0) is 16.7. The summed E-state index contributed by atoms with van der Waals surface area (Å²) in [5, 5.41) is 9.09. The molecule has 0 aliphatic carbocycles. The van der Waals surface area contributed by atoms with E-state index in [2.05, 4.69) is 22.9 Å². The molecule has 1 aromatic rings. The number of carbonyl (C=O) groups excluding carboxylic acids is 2. The smallest absolute Gasteiger partial charge is 0.221 e. The molecule has 5 nitrogen and oxygen atoms in total. The van der Waals surface area contributed by atoms with Crippen LogP contribution in [0.1, 0.15) is 38.7 Å². The fourth-order valence-corrected chi connectivity index (χ4v) is 3.11. The lowest BCUT2D eigenvalue weighted by Gasteiger charge is -2.27. The molecule has 1 saturated heterocycles. The number of piperidine rings is 1. The van der Waals surface area contributed by atoms with Crippen molar-refractivity contribution in [1.29, 1.82) is 0 Å². The van der Waals surface area contributed by atoms with Gasteiger partial charge in [-0.15, -0.1) is 0 Å². The molecule has 1 unspecified atom stereocenters. The first-order valence-corrected chi connectivity index (χ1v) is 8.38. The van der Waals surface area contributed by atoms with Gasteiger partial charge >= 0.3 is 0 Å². The van der Waals surface area contributed by atoms with Gasteiger partial charge in [-0.05, 0) is 55.5 Å². The van der Waals surface area contributed by atoms with Crippen LogP contribution in [0.5, 0.6) is 0 Å². The minimum atomic E-state index is -0.0954. The molecule has 1 atom stereocenters. The Bertz CT molecular complexity index is 539. The summed E-state index contributed by atoms with van der Waals surface area (Å²) in [7, 11) is 0. The Morgan fingerprint density at radius 1 is 1.30 bits per heavy atom. The molecule has 1 heterocycles. The molecule has 0 bridgehead atoms. The average Bonchev–Trinajstić information content (AvgIpc) is 2.53. The quantitative estimate of drug-likeness (QED) is 0.754. The van der Waals surface area contributed by atoms with E-state index in [0.29, 0.717) is 24.8 Å². The third kappa shape index (κ3) is 6.02. The zero-order valence-electron chi connectivity index (χ0n) is 14.0. The summed E-state index contributed by atoms with van der Waals surface area (Å²) >= 11 is 0. The Kier molecular flexibility index (Phi) is 6.59. The molecule has 0 spiro atoms. The summed E-state index contributed by atoms with van der Waals surface area (Å²) in [5.41, 5.74) is 1.74. The molecule has 1 fully saturated rings. The van der Waals surface area contributed by atoms with Crippen molar-refractivity contribution in [1.82, 2.24) is 10.6 Å². The largest absolute Gasteiger partial charge is 0.352 e. The van der Waals surface area contributed by atoms with Gasteiger partial charge in [0.05, 0.1) is 0 Å². The second kappa shape index (κ2) is 8.67. The summed E-state index contributed by atoms with van der Waals surface area (Å²) < 4.78 is 0. The van der Waals surface area contributed by atoms with Gasteiger partial charge in [0, 0.05) is 25.6 Å². The van der Waals surface area contributed by atoms with Crippen LogP contribution in [0.3, 0.4) is 0 Å². The lowest BCUT2D eigenvalue weighted by Crippen LogP contribution is -2.33. The molecule has 3 N–H and O–H groups in total.